The third-order valence-corrected chi connectivity index (χ3v) is 6.19. The predicted octanol–water partition coefficient (Wildman–Crippen LogP) is 4.69. The van der Waals surface area contributed by atoms with Gasteiger partial charge in [0.25, 0.3) is 0 Å². The lowest BCUT2D eigenvalue weighted by Crippen LogP contribution is -2.30. The molecule has 0 aliphatic carbocycles. The highest BCUT2D eigenvalue weighted by molar-refractivity contribution is 6.36. The Kier molecular flexibility index (Phi) is 5.08. The second-order valence-electron chi connectivity index (χ2n) is 7.81. The molecule has 1 atom stereocenters. The number of benzene rings is 2. The first-order valence-corrected chi connectivity index (χ1v) is 10.5. The zero-order valence-electron chi connectivity index (χ0n) is 17.0. The van der Waals surface area contributed by atoms with E-state index in [4.69, 9.17) is 22.1 Å². The van der Waals surface area contributed by atoms with E-state index in [1.165, 1.54) is 6.20 Å². The minimum atomic E-state index is -0.582. The smallest absolute Gasteiger partial charge is 0.319 e. The minimum absolute atomic E-state index is 0.0669. The lowest BCUT2D eigenvalue weighted by atomic mass is 10.0. The Labute approximate surface area is 183 Å². The van der Waals surface area contributed by atoms with Crippen LogP contribution in [0.2, 0.25) is 5.02 Å². The number of ether oxygens (including phenoxy) is 1. The fourth-order valence-corrected chi connectivity index (χ4v) is 4.45. The van der Waals surface area contributed by atoms with E-state index in [0.29, 0.717) is 22.6 Å². The maximum absolute atomic E-state index is 15.7. The van der Waals surface area contributed by atoms with Crippen LogP contribution in [0, 0.1) is 5.82 Å². The van der Waals surface area contributed by atoms with Gasteiger partial charge < -0.3 is 15.4 Å². The van der Waals surface area contributed by atoms with E-state index in [-0.39, 0.29) is 29.1 Å². The molecular weight excluding hydrogens is 417 g/mol. The molecule has 158 valence electrons. The number of nitrogens with zero attached hydrogens (tertiary/aromatic N) is 4. The summed E-state index contributed by atoms with van der Waals surface area (Å²) in [5, 5.41) is 2.51. The van der Waals surface area contributed by atoms with Gasteiger partial charge in [0.05, 0.1) is 5.39 Å². The average molecular weight is 438 g/mol. The molecule has 1 fully saturated rings. The summed E-state index contributed by atoms with van der Waals surface area (Å²) in [6.07, 6.45) is 3.67. The molecule has 0 bridgehead atoms. The van der Waals surface area contributed by atoms with Gasteiger partial charge in [0.2, 0.25) is 0 Å². The zero-order valence-corrected chi connectivity index (χ0v) is 17.7. The highest BCUT2D eigenvalue weighted by atomic mass is 35.5. The van der Waals surface area contributed by atoms with E-state index in [0.717, 1.165) is 30.2 Å². The Morgan fingerprint density at radius 2 is 2.03 bits per heavy atom. The summed E-state index contributed by atoms with van der Waals surface area (Å²) < 4.78 is 21.4. The van der Waals surface area contributed by atoms with Gasteiger partial charge in [-0.3, -0.25) is 4.98 Å². The Balaban J connectivity index is 1.59. The lowest BCUT2D eigenvalue weighted by Gasteiger charge is -2.19. The van der Waals surface area contributed by atoms with E-state index < -0.39 is 5.82 Å². The van der Waals surface area contributed by atoms with Crippen molar-refractivity contribution in [3.05, 3.63) is 53.4 Å². The predicted molar refractivity (Wildman–Crippen MR) is 121 cm³/mol. The number of nitrogens with two attached hydrogens (primary N) is 1. The van der Waals surface area contributed by atoms with Gasteiger partial charge in [-0.05, 0) is 37.9 Å². The van der Waals surface area contributed by atoms with Crippen LogP contribution in [0.1, 0.15) is 12.8 Å². The lowest BCUT2D eigenvalue weighted by molar-refractivity contribution is 0.188. The maximum atomic E-state index is 15.7. The van der Waals surface area contributed by atoms with Crippen molar-refractivity contribution >= 4 is 39.1 Å². The van der Waals surface area contributed by atoms with E-state index >= 15 is 4.39 Å². The summed E-state index contributed by atoms with van der Waals surface area (Å²) in [5.41, 5.74) is 6.90. The molecular formula is C23H21ClFN5O. The van der Waals surface area contributed by atoms with E-state index in [1.807, 2.05) is 24.3 Å². The van der Waals surface area contributed by atoms with Crippen molar-refractivity contribution < 1.29 is 9.13 Å². The number of hydrogen-bond acceptors (Lipinski definition) is 6. The van der Waals surface area contributed by atoms with Gasteiger partial charge >= 0.3 is 6.01 Å². The van der Waals surface area contributed by atoms with Crippen molar-refractivity contribution in [2.75, 3.05) is 25.9 Å². The number of halogens is 2. The van der Waals surface area contributed by atoms with Gasteiger partial charge in [-0.15, -0.1) is 0 Å². The van der Waals surface area contributed by atoms with Crippen LogP contribution in [0.15, 0.2) is 42.6 Å². The molecule has 1 aliphatic heterocycles. The van der Waals surface area contributed by atoms with E-state index in [9.17, 15) is 0 Å². The van der Waals surface area contributed by atoms with Crippen molar-refractivity contribution in [1.29, 1.82) is 0 Å². The van der Waals surface area contributed by atoms with Crippen LogP contribution in [0.25, 0.3) is 32.9 Å². The molecule has 0 spiro atoms. The van der Waals surface area contributed by atoms with Gasteiger partial charge in [-0.1, -0.05) is 41.9 Å². The van der Waals surface area contributed by atoms with Crippen LogP contribution in [-0.2, 0) is 0 Å². The highest BCUT2D eigenvalue weighted by Gasteiger charge is 2.23. The molecule has 1 saturated heterocycles. The Morgan fingerprint density at radius 3 is 2.81 bits per heavy atom. The monoisotopic (exact) mass is 437 g/mol. The normalized spacial score (nSPS) is 16.9. The van der Waals surface area contributed by atoms with Crippen molar-refractivity contribution in [1.82, 2.24) is 19.9 Å². The molecule has 31 heavy (non-hydrogen) atoms. The third kappa shape index (κ3) is 3.54. The standard InChI is InChI=1S/C23H21ClFN5O/c1-30-10-4-7-14(30)12-31-23-28-21-16(22(26)29-23)11-27-20(19(21)25)15-8-2-5-13-6-3-9-17(24)18(13)15/h2-3,5-6,8-9,11,14H,4,7,10,12H2,1H3,(H2,26,28,29)/t14-/m0/s1. The van der Waals surface area contributed by atoms with Crippen molar-refractivity contribution in [3.8, 4) is 17.3 Å². The third-order valence-electron chi connectivity index (χ3n) is 5.88. The van der Waals surface area contributed by atoms with Crippen LogP contribution in [0.4, 0.5) is 10.2 Å². The number of fused-ring (bicyclic) bond motifs is 2. The molecule has 8 heteroatoms. The van der Waals surface area contributed by atoms with Crippen molar-refractivity contribution in [2.45, 2.75) is 18.9 Å². The summed E-state index contributed by atoms with van der Waals surface area (Å²) in [4.78, 5) is 15.1. The number of likely N-dealkylation sites (N-methyl/N-ethyl adjacent to an activating group) is 1. The maximum Gasteiger partial charge on any atom is 0.319 e. The van der Waals surface area contributed by atoms with E-state index in [1.54, 1.807) is 12.1 Å². The van der Waals surface area contributed by atoms with Crippen LogP contribution < -0.4 is 10.5 Å². The van der Waals surface area contributed by atoms with Gasteiger partial charge in [0.1, 0.15) is 23.6 Å². The van der Waals surface area contributed by atoms with Crippen molar-refractivity contribution in [2.24, 2.45) is 0 Å². The SMILES string of the molecule is CN1CCC[C@H]1COc1nc(N)c2cnc(-c3cccc4cccc(Cl)c34)c(F)c2n1. The Hall–Kier alpha value is -3.03. The first kappa shape index (κ1) is 19.9. The first-order valence-electron chi connectivity index (χ1n) is 10.2. The highest BCUT2D eigenvalue weighted by Crippen LogP contribution is 2.36. The van der Waals surface area contributed by atoms with Crippen molar-refractivity contribution in [3.63, 3.8) is 0 Å². The van der Waals surface area contributed by atoms with Gasteiger partial charge in [-0.25, -0.2) is 4.39 Å². The molecule has 0 radical (unpaired) electrons. The van der Waals surface area contributed by atoms with E-state index in [2.05, 4.69) is 26.9 Å². The Bertz CT molecular complexity index is 1290. The van der Waals surface area contributed by atoms with Crippen LogP contribution in [-0.4, -0.2) is 46.1 Å². The van der Waals surface area contributed by atoms with Gasteiger partial charge in [-0.2, -0.15) is 9.97 Å². The zero-order chi connectivity index (χ0) is 21.5. The molecule has 2 N–H and O–H groups in total. The van der Waals surface area contributed by atoms with Crippen LogP contribution in [0.3, 0.4) is 0 Å². The topological polar surface area (TPSA) is 77.2 Å². The Morgan fingerprint density at radius 1 is 1.23 bits per heavy atom. The first-order chi connectivity index (χ1) is 15.0. The number of pyridine rings is 1. The molecule has 0 amide bonds. The van der Waals surface area contributed by atoms with Gasteiger partial charge in [0, 0.05) is 28.2 Å². The van der Waals surface area contributed by atoms with Crippen LogP contribution in [0.5, 0.6) is 6.01 Å². The van der Waals surface area contributed by atoms with Crippen LogP contribution >= 0.6 is 11.6 Å². The molecule has 5 rings (SSSR count). The summed E-state index contributed by atoms with van der Waals surface area (Å²) in [7, 11) is 2.06. The summed E-state index contributed by atoms with van der Waals surface area (Å²) in [5.74, 6) is -0.449. The molecule has 4 aromatic rings. The second-order valence-corrected chi connectivity index (χ2v) is 8.21. The number of rotatable bonds is 4. The molecule has 2 aromatic carbocycles. The second kappa shape index (κ2) is 7.90. The minimum Gasteiger partial charge on any atom is -0.462 e. The summed E-state index contributed by atoms with van der Waals surface area (Å²) in [6, 6.07) is 11.5. The quantitative estimate of drug-likeness (QED) is 0.499. The fraction of sp³-hybridized carbons (Fsp3) is 0.261. The number of nitrogen functional groups attached to an aromatic ring is 1. The molecule has 0 unspecified atom stereocenters. The molecule has 6 nitrogen and oxygen atoms in total. The number of hydrogen-bond donors (Lipinski definition) is 1. The average Bonchev–Trinajstić information content (AvgIpc) is 3.18. The molecule has 3 heterocycles. The fourth-order valence-electron chi connectivity index (χ4n) is 4.16. The molecule has 1 aliphatic rings. The van der Waals surface area contributed by atoms with Gasteiger partial charge in [0.15, 0.2) is 5.82 Å². The summed E-state index contributed by atoms with van der Waals surface area (Å²) in [6.45, 7) is 1.46. The number of anilines is 1. The largest absolute Gasteiger partial charge is 0.462 e. The molecule has 0 saturated carbocycles. The number of likely N-dealkylation sites (tertiary alicyclic amines) is 1. The molecule has 2 aromatic heterocycles. The number of aromatic nitrogens is 3. The summed E-state index contributed by atoms with van der Waals surface area (Å²) >= 11 is 6.43.